The summed E-state index contributed by atoms with van der Waals surface area (Å²) >= 11 is 3.28. The van der Waals surface area contributed by atoms with Crippen molar-refractivity contribution < 1.29 is 43.1 Å². The van der Waals surface area contributed by atoms with Crippen LogP contribution in [0.2, 0.25) is 0 Å². The third kappa shape index (κ3) is 5.10. The highest BCUT2D eigenvalue weighted by atomic mass is 79.9. The van der Waals surface area contributed by atoms with Gasteiger partial charge in [-0.05, 0) is 31.5 Å². The Morgan fingerprint density at radius 1 is 1.12 bits per heavy atom. The zero-order valence-electron chi connectivity index (χ0n) is 17.2. The summed E-state index contributed by atoms with van der Waals surface area (Å²) in [5.74, 6) is -0.432. The number of nitrogens with zero attached hydrogens (tertiary/aromatic N) is 2. The molecule has 0 radical (unpaired) electrons. The van der Waals surface area contributed by atoms with Crippen molar-refractivity contribution in [2.45, 2.75) is 63.2 Å². The fourth-order valence-electron chi connectivity index (χ4n) is 3.46. The molecule has 1 aliphatic heterocycles. The summed E-state index contributed by atoms with van der Waals surface area (Å²) in [5.41, 5.74) is -0.721. The third-order valence-electron chi connectivity index (χ3n) is 5.10. The number of alkyl halides is 3. The summed E-state index contributed by atoms with van der Waals surface area (Å²) in [6, 6.07) is 6.01. The molecular weight excluding hydrogens is 501 g/mol. The average Bonchev–Trinajstić information content (AvgIpc) is 3.08. The average molecular weight is 525 g/mol. The van der Waals surface area contributed by atoms with E-state index in [0.29, 0.717) is 5.56 Å². The molecule has 0 amide bonds. The highest BCUT2D eigenvalue weighted by Gasteiger charge is 2.46. The highest BCUT2D eigenvalue weighted by molar-refractivity contribution is 9.10. The first-order chi connectivity index (χ1) is 14.9. The van der Waals surface area contributed by atoms with E-state index in [-0.39, 0.29) is 12.0 Å². The molecule has 0 unspecified atom stereocenters. The van der Waals surface area contributed by atoms with Crippen LogP contribution in [0.15, 0.2) is 28.7 Å². The number of aliphatic hydroxyl groups excluding tert-OH is 4. The van der Waals surface area contributed by atoms with Crippen LogP contribution < -0.4 is 4.74 Å². The maximum atomic E-state index is 14.0. The van der Waals surface area contributed by atoms with Gasteiger partial charge >= 0.3 is 6.18 Å². The number of hydrogen-bond donors (Lipinski definition) is 4. The summed E-state index contributed by atoms with van der Waals surface area (Å²) < 4.78 is 54.4. The first-order valence-corrected chi connectivity index (χ1v) is 10.6. The van der Waals surface area contributed by atoms with E-state index < -0.39 is 61.1 Å². The minimum Gasteiger partial charge on any atom is -0.443 e. The second-order valence-electron chi connectivity index (χ2n) is 7.79. The number of aliphatic hydroxyl groups is 4. The normalized spacial score (nSPS) is 26.5. The van der Waals surface area contributed by atoms with Crippen molar-refractivity contribution in [3.8, 4) is 5.88 Å². The van der Waals surface area contributed by atoms with Gasteiger partial charge in [0.2, 0.25) is 12.2 Å². The van der Waals surface area contributed by atoms with E-state index in [1.54, 1.807) is 24.3 Å². The molecule has 5 atom stereocenters. The van der Waals surface area contributed by atoms with E-state index in [1.165, 1.54) is 13.8 Å². The van der Waals surface area contributed by atoms with Gasteiger partial charge < -0.3 is 29.9 Å². The van der Waals surface area contributed by atoms with Gasteiger partial charge in [-0.3, -0.25) is 4.68 Å². The quantitative estimate of drug-likeness (QED) is 0.456. The molecule has 0 saturated carbocycles. The molecule has 12 heteroatoms. The Labute approximate surface area is 190 Å². The first kappa shape index (κ1) is 24.9. The van der Waals surface area contributed by atoms with Gasteiger partial charge in [0, 0.05) is 16.9 Å². The lowest BCUT2D eigenvalue weighted by Crippen LogP contribution is -2.60. The van der Waals surface area contributed by atoms with Gasteiger partial charge in [-0.15, -0.1) is 5.10 Å². The van der Waals surface area contributed by atoms with Gasteiger partial charge in [0.1, 0.15) is 30.1 Å². The Kier molecular flexibility index (Phi) is 7.52. The number of rotatable bonds is 6. The molecule has 3 rings (SSSR count). The van der Waals surface area contributed by atoms with Crippen molar-refractivity contribution in [3.05, 3.63) is 45.6 Å². The number of hydrogen-bond acceptors (Lipinski definition) is 7. The molecule has 0 bridgehead atoms. The lowest BCUT2D eigenvalue weighted by Gasteiger charge is -2.39. The standard InChI is InChI=1S/C20H24BrF3N2O6/c1-9(2)26-17(20(22,23)24)12(7-10-3-5-11(21)6-4-10)18(25-26)32-19-16(30)15(29)14(28)13(8-27)31-19/h3-6,9,13-16,19,27-30H,7-8H2,1-2H3/t13-,14-,15+,16-,19+/m1/s1. The van der Waals surface area contributed by atoms with Crippen molar-refractivity contribution in [2.75, 3.05) is 6.61 Å². The molecule has 1 aliphatic rings. The Morgan fingerprint density at radius 3 is 2.28 bits per heavy atom. The van der Waals surface area contributed by atoms with E-state index >= 15 is 0 Å². The monoisotopic (exact) mass is 524 g/mol. The predicted octanol–water partition coefficient (Wildman–Crippen LogP) is 2.01. The number of ether oxygens (including phenoxy) is 2. The Morgan fingerprint density at radius 2 is 1.75 bits per heavy atom. The molecule has 0 aliphatic carbocycles. The molecule has 178 valence electrons. The van der Waals surface area contributed by atoms with Gasteiger partial charge in [-0.1, -0.05) is 28.1 Å². The second-order valence-corrected chi connectivity index (χ2v) is 8.70. The Balaban J connectivity index is 2.05. The van der Waals surface area contributed by atoms with E-state index in [9.17, 15) is 33.6 Å². The molecule has 2 heterocycles. The zero-order chi connectivity index (χ0) is 23.8. The van der Waals surface area contributed by atoms with E-state index in [4.69, 9.17) is 9.47 Å². The minimum absolute atomic E-state index is 0.179. The van der Waals surface area contributed by atoms with Gasteiger partial charge in [0.25, 0.3) is 0 Å². The fraction of sp³-hybridized carbons (Fsp3) is 0.550. The summed E-state index contributed by atoms with van der Waals surface area (Å²) in [4.78, 5) is 0. The molecule has 1 fully saturated rings. The SMILES string of the molecule is CC(C)n1nc(O[C@@H]2O[C@H](CO)[C@@H](O)[C@H](O)[C@H]2O)c(Cc2ccc(Br)cc2)c1C(F)(F)F. The highest BCUT2D eigenvalue weighted by Crippen LogP contribution is 2.40. The lowest BCUT2D eigenvalue weighted by atomic mass is 9.99. The van der Waals surface area contributed by atoms with Crippen LogP contribution in [0, 0.1) is 0 Å². The Bertz CT molecular complexity index is 919. The van der Waals surface area contributed by atoms with Crippen molar-refractivity contribution >= 4 is 15.9 Å². The van der Waals surface area contributed by atoms with Crippen LogP contribution in [0.4, 0.5) is 13.2 Å². The van der Waals surface area contributed by atoms with Crippen molar-refractivity contribution in [1.29, 1.82) is 0 Å². The smallest absolute Gasteiger partial charge is 0.433 e. The fourth-order valence-corrected chi connectivity index (χ4v) is 3.72. The van der Waals surface area contributed by atoms with Gasteiger partial charge in [-0.2, -0.15) is 13.2 Å². The van der Waals surface area contributed by atoms with Gasteiger partial charge in [0.05, 0.1) is 12.2 Å². The molecule has 0 spiro atoms. The summed E-state index contributed by atoms with van der Waals surface area (Å²) in [6.45, 7) is 2.36. The van der Waals surface area contributed by atoms with Crippen LogP contribution in [-0.2, 0) is 17.3 Å². The molecule has 1 saturated heterocycles. The van der Waals surface area contributed by atoms with Crippen molar-refractivity contribution in [1.82, 2.24) is 9.78 Å². The van der Waals surface area contributed by atoms with Gasteiger partial charge in [-0.25, -0.2) is 0 Å². The molecule has 4 N–H and O–H groups in total. The molecule has 32 heavy (non-hydrogen) atoms. The summed E-state index contributed by atoms with van der Waals surface area (Å²) in [5, 5.41) is 43.5. The van der Waals surface area contributed by atoms with E-state index in [2.05, 4.69) is 21.0 Å². The number of aromatic nitrogens is 2. The largest absolute Gasteiger partial charge is 0.443 e. The molecule has 2 aromatic rings. The molecule has 1 aromatic heterocycles. The molecule has 1 aromatic carbocycles. The van der Waals surface area contributed by atoms with Crippen LogP contribution in [0.3, 0.4) is 0 Å². The Hall–Kier alpha value is -1.70. The molecule has 8 nitrogen and oxygen atoms in total. The summed E-state index contributed by atoms with van der Waals surface area (Å²) in [7, 11) is 0. The topological polar surface area (TPSA) is 117 Å². The second kappa shape index (κ2) is 9.65. The lowest BCUT2D eigenvalue weighted by molar-refractivity contribution is -0.278. The minimum atomic E-state index is -4.75. The first-order valence-electron chi connectivity index (χ1n) is 9.84. The van der Waals surface area contributed by atoms with Crippen LogP contribution >= 0.6 is 15.9 Å². The van der Waals surface area contributed by atoms with E-state index in [1.807, 2.05) is 0 Å². The van der Waals surface area contributed by atoms with Crippen LogP contribution in [0.5, 0.6) is 5.88 Å². The summed E-state index contributed by atoms with van der Waals surface area (Å²) in [6.07, 6.45) is -13.0. The third-order valence-corrected chi connectivity index (χ3v) is 5.63. The van der Waals surface area contributed by atoms with Crippen LogP contribution in [0.25, 0.3) is 0 Å². The maximum Gasteiger partial charge on any atom is 0.433 e. The zero-order valence-corrected chi connectivity index (χ0v) is 18.8. The maximum absolute atomic E-state index is 14.0. The number of benzene rings is 1. The van der Waals surface area contributed by atoms with Crippen LogP contribution in [-0.4, -0.2) is 67.5 Å². The van der Waals surface area contributed by atoms with E-state index in [0.717, 1.165) is 9.15 Å². The van der Waals surface area contributed by atoms with Crippen LogP contribution in [0.1, 0.15) is 36.7 Å². The van der Waals surface area contributed by atoms with Gasteiger partial charge in [0.15, 0.2) is 0 Å². The van der Waals surface area contributed by atoms with Crippen molar-refractivity contribution in [3.63, 3.8) is 0 Å². The number of halogens is 4. The van der Waals surface area contributed by atoms with Crippen molar-refractivity contribution in [2.24, 2.45) is 0 Å². The predicted molar refractivity (Wildman–Crippen MR) is 109 cm³/mol. The molecular formula is C20H24BrF3N2O6.